The Morgan fingerprint density at radius 3 is 2.52 bits per heavy atom. The van der Waals surface area contributed by atoms with Gasteiger partial charge in [-0.1, -0.05) is 29.8 Å². The molecule has 1 heterocycles. The van der Waals surface area contributed by atoms with E-state index in [9.17, 15) is 9.59 Å². The van der Waals surface area contributed by atoms with E-state index in [0.717, 1.165) is 9.13 Å². The number of halogens is 2. The largest absolute Gasteiger partial charge is 0.467 e. The number of esters is 1. The standard InChI is InChI=1S/C18H15ClINO3S/c1-24-18(23)15-10-25-17(13-4-2-3-5-14(13)19)21(15)16(22)11-6-8-12(20)9-7-11/h2-9,15,17H,10H2,1H3/t15-,17+/m0/s1. The molecule has 1 fully saturated rings. The first-order valence-electron chi connectivity index (χ1n) is 7.55. The SMILES string of the molecule is COC(=O)[C@@H]1CS[C@H](c2ccccc2Cl)N1C(=O)c1ccc(I)cc1. The van der Waals surface area contributed by atoms with E-state index in [1.54, 1.807) is 23.1 Å². The fraction of sp³-hybridized carbons (Fsp3) is 0.222. The van der Waals surface area contributed by atoms with Crippen molar-refractivity contribution in [3.05, 3.63) is 68.3 Å². The lowest BCUT2D eigenvalue weighted by Crippen LogP contribution is -2.43. The minimum atomic E-state index is -0.636. The Bertz CT molecular complexity index is 799. The van der Waals surface area contributed by atoms with Gasteiger partial charge in [-0.15, -0.1) is 11.8 Å². The smallest absolute Gasteiger partial charge is 0.329 e. The van der Waals surface area contributed by atoms with Gasteiger partial charge < -0.3 is 9.64 Å². The molecule has 130 valence electrons. The van der Waals surface area contributed by atoms with Crippen molar-refractivity contribution in [2.24, 2.45) is 0 Å². The molecule has 2 aromatic carbocycles. The summed E-state index contributed by atoms with van der Waals surface area (Å²) in [4.78, 5) is 26.9. The molecule has 3 rings (SSSR count). The summed E-state index contributed by atoms with van der Waals surface area (Å²) in [5.41, 5.74) is 1.35. The topological polar surface area (TPSA) is 46.6 Å². The monoisotopic (exact) mass is 487 g/mol. The van der Waals surface area contributed by atoms with Gasteiger partial charge in [-0.3, -0.25) is 4.79 Å². The van der Waals surface area contributed by atoms with E-state index in [0.29, 0.717) is 16.3 Å². The first kappa shape index (κ1) is 18.5. The maximum atomic E-state index is 13.1. The quantitative estimate of drug-likeness (QED) is 0.476. The third-order valence-corrected chi connectivity index (χ3v) is 6.34. The molecule has 0 aromatic heterocycles. The Morgan fingerprint density at radius 2 is 1.88 bits per heavy atom. The highest BCUT2D eigenvalue weighted by atomic mass is 127. The predicted octanol–water partition coefficient (Wildman–Crippen LogP) is 4.37. The summed E-state index contributed by atoms with van der Waals surface area (Å²) in [6, 6.07) is 14.0. The van der Waals surface area contributed by atoms with Gasteiger partial charge in [-0.05, 0) is 52.9 Å². The summed E-state index contributed by atoms with van der Waals surface area (Å²) in [6.07, 6.45) is 0. The Morgan fingerprint density at radius 1 is 1.20 bits per heavy atom. The number of nitrogens with zero attached hydrogens (tertiary/aromatic N) is 1. The number of carbonyl (C=O) groups excluding carboxylic acids is 2. The van der Waals surface area contributed by atoms with Crippen molar-refractivity contribution >= 4 is 57.8 Å². The van der Waals surface area contributed by atoms with Crippen molar-refractivity contribution in [2.75, 3.05) is 12.9 Å². The molecule has 1 aliphatic heterocycles. The highest BCUT2D eigenvalue weighted by Crippen LogP contribution is 2.44. The summed E-state index contributed by atoms with van der Waals surface area (Å²) >= 11 is 10.0. The molecule has 1 saturated heterocycles. The molecule has 25 heavy (non-hydrogen) atoms. The van der Waals surface area contributed by atoms with E-state index >= 15 is 0 Å². The molecule has 2 aromatic rings. The van der Waals surface area contributed by atoms with Gasteiger partial charge in [-0.25, -0.2) is 4.79 Å². The second kappa shape index (κ2) is 7.97. The van der Waals surface area contributed by atoms with Crippen LogP contribution in [-0.2, 0) is 9.53 Å². The maximum absolute atomic E-state index is 13.1. The first-order valence-corrected chi connectivity index (χ1v) is 10.1. The minimum absolute atomic E-state index is 0.207. The number of hydrogen-bond acceptors (Lipinski definition) is 4. The van der Waals surface area contributed by atoms with Crippen LogP contribution in [0.5, 0.6) is 0 Å². The van der Waals surface area contributed by atoms with E-state index in [-0.39, 0.29) is 11.3 Å². The lowest BCUT2D eigenvalue weighted by Gasteiger charge is -2.29. The lowest BCUT2D eigenvalue weighted by molar-refractivity contribution is -0.145. The number of hydrogen-bond donors (Lipinski definition) is 0. The molecule has 0 aliphatic carbocycles. The second-order valence-corrected chi connectivity index (χ2v) is 8.23. The number of carbonyl (C=O) groups is 2. The fourth-order valence-corrected chi connectivity index (χ4v) is 4.84. The Labute approximate surface area is 169 Å². The predicted molar refractivity (Wildman–Crippen MR) is 108 cm³/mol. The Kier molecular flexibility index (Phi) is 5.91. The number of rotatable bonds is 3. The second-order valence-electron chi connectivity index (χ2n) is 5.47. The molecule has 0 unspecified atom stereocenters. The highest BCUT2D eigenvalue weighted by Gasteiger charge is 2.43. The number of amides is 1. The number of thioether (sulfide) groups is 1. The van der Waals surface area contributed by atoms with Crippen LogP contribution in [0.15, 0.2) is 48.5 Å². The summed E-state index contributed by atoms with van der Waals surface area (Å²) < 4.78 is 5.94. The molecule has 1 amide bonds. The van der Waals surface area contributed by atoms with Gasteiger partial charge in [0.25, 0.3) is 5.91 Å². The van der Waals surface area contributed by atoms with Crippen molar-refractivity contribution in [1.29, 1.82) is 0 Å². The molecular weight excluding hydrogens is 473 g/mol. The first-order chi connectivity index (χ1) is 12.0. The van der Waals surface area contributed by atoms with Crippen LogP contribution >= 0.6 is 46.0 Å². The van der Waals surface area contributed by atoms with Crippen LogP contribution in [0.3, 0.4) is 0 Å². The zero-order valence-corrected chi connectivity index (χ0v) is 17.0. The zero-order chi connectivity index (χ0) is 18.0. The summed E-state index contributed by atoms with van der Waals surface area (Å²) in [7, 11) is 1.34. The molecule has 2 atom stereocenters. The molecule has 7 heteroatoms. The van der Waals surface area contributed by atoms with Crippen LogP contribution in [0.4, 0.5) is 0 Å². The third-order valence-electron chi connectivity index (χ3n) is 3.97. The van der Waals surface area contributed by atoms with Crippen LogP contribution in [0.25, 0.3) is 0 Å². The average Bonchev–Trinajstić information content (AvgIpc) is 3.06. The van der Waals surface area contributed by atoms with Crippen LogP contribution in [0.1, 0.15) is 21.3 Å². The summed E-state index contributed by atoms with van der Waals surface area (Å²) in [5, 5.41) is 0.246. The average molecular weight is 488 g/mol. The molecule has 0 radical (unpaired) electrons. The van der Waals surface area contributed by atoms with Crippen LogP contribution in [-0.4, -0.2) is 35.7 Å². The Balaban J connectivity index is 2.01. The lowest BCUT2D eigenvalue weighted by atomic mass is 10.1. The number of methoxy groups -OCH3 is 1. The van der Waals surface area contributed by atoms with Gasteiger partial charge in [0, 0.05) is 25.5 Å². The zero-order valence-electron chi connectivity index (χ0n) is 13.3. The Hall–Kier alpha value is -1.25. The van der Waals surface area contributed by atoms with Crippen LogP contribution < -0.4 is 0 Å². The number of ether oxygens (including phenoxy) is 1. The van der Waals surface area contributed by atoms with Crippen molar-refractivity contribution in [3.8, 4) is 0 Å². The normalized spacial score (nSPS) is 19.7. The van der Waals surface area contributed by atoms with E-state index in [1.165, 1.54) is 18.9 Å². The molecule has 0 bridgehead atoms. The van der Waals surface area contributed by atoms with Crippen molar-refractivity contribution in [1.82, 2.24) is 4.90 Å². The minimum Gasteiger partial charge on any atom is -0.467 e. The van der Waals surface area contributed by atoms with Gasteiger partial charge in [-0.2, -0.15) is 0 Å². The van der Waals surface area contributed by atoms with Gasteiger partial charge >= 0.3 is 5.97 Å². The van der Waals surface area contributed by atoms with Gasteiger partial charge in [0.15, 0.2) is 0 Å². The highest BCUT2D eigenvalue weighted by molar-refractivity contribution is 14.1. The molecule has 4 nitrogen and oxygen atoms in total. The van der Waals surface area contributed by atoms with Gasteiger partial charge in [0.1, 0.15) is 11.4 Å². The van der Waals surface area contributed by atoms with Crippen molar-refractivity contribution in [3.63, 3.8) is 0 Å². The molecule has 0 N–H and O–H groups in total. The van der Waals surface area contributed by atoms with Gasteiger partial charge in [0.2, 0.25) is 0 Å². The number of benzene rings is 2. The molecular formula is C18H15ClINO3S. The van der Waals surface area contributed by atoms with E-state index < -0.39 is 12.0 Å². The van der Waals surface area contributed by atoms with Crippen LogP contribution in [0.2, 0.25) is 5.02 Å². The van der Waals surface area contributed by atoms with E-state index in [4.69, 9.17) is 16.3 Å². The van der Waals surface area contributed by atoms with Gasteiger partial charge in [0.05, 0.1) is 7.11 Å². The maximum Gasteiger partial charge on any atom is 0.329 e. The fourth-order valence-electron chi connectivity index (χ4n) is 2.73. The summed E-state index contributed by atoms with van der Waals surface area (Å²) in [5.74, 6) is -0.152. The van der Waals surface area contributed by atoms with E-state index in [1.807, 2.05) is 30.3 Å². The summed E-state index contributed by atoms with van der Waals surface area (Å²) in [6.45, 7) is 0. The molecule has 1 aliphatic rings. The van der Waals surface area contributed by atoms with Crippen LogP contribution in [0, 0.1) is 3.57 Å². The molecule has 0 spiro atoms. The van der Waals surface area contributed by atoms with Crippen molar-refractivity contribution in [2.45, 2.75) is 11.4 Å². The van der Waals surface area contributed by atoms with E-state index in [2.05, 4.69) is 22.6 Å². The molecule has 0 saturated carbocycles. The van der Waals surface area contributed by atoms with Crippen molar-refractivity contribution < 1.29 is 14.3 Å². The third kappa shape index (κ3) is 3.80.